The van der Waals surface area contributed by atoms with Crippen LogP contribution in [0.4, 0.5) is 5.69 Å². The van der Waals surface area contributed by atoms with Crippen molar-refractivity contribution in [1.82, 2.24) is 15.1 Å². The number of anilines is 1. The lowest BCUT2D eigenvalue weighted by Gasteiger charge is -2.31. The molecule has 6 nitrogen and oxygen atoms in total. The lowest BCUT2D eigenvalue weighted by atomic mass is 10.0. The Balaban J connectivity index is 1.89. The highest BCUT2D eigenvalue weighted by Crippen LogP contribution is 2.27. The summed E-state index contributed by atoms with van der Waals surface area (Å²) < 4.78 is 0. The van der Waals surface area contributed by atoms with E-state index >= 15 is 0 Å². The van der Waals surface area contributed by atoms with Crippen molar-refractivity contribution < 1.29 is 9.59 Å². The second-order valence-electron chi connectivity index (χ2n) is 11.8. The molecule has 0 radical (unpaired) electrons. The molecule has 0 saturated carbocycles. The first-order valence-corrected chi connectivity index (χ1v) is 15.5. The van der Waals surface area contributed by atoms with Crippen LogP contribution in [-0.4, -0.2) is 60.9 Å². The SMILES string of the molecule is CCN(CC)C(CNC(=O)c1ccc2c(c1)CN(CC(C)C)CCCCCCCN2C(C)=O)c1ccc(C)cc1. The number of hydrogen-bond donors (Lipinski definition) is 1. The summed E-state index contributed by atoms with van der Waals surface area (Å²) in [5, 5.41) is 3.24. The van der Waals surface area contributed by atoms with Crippen LogP contribution in [0.25, 0.3) is 0 Å². The fourth-order valence-electron chi connectivity index (χ4n) is 5.89. The normalized spacial score (nSPS) is 16.2. The molecule has 2 amide bonds. The fourth-order valence-corrected chi connectivity index (χ4v) is 5.89. The molecule has 0 aliphatic carbocycles. The zero-order valence-electron chi connectivity index (χ0n) is 25.8. The van der Waals surface area contributed by atoms with E-state index < -0.39 is 0 Å². The minimum atomic E-state index is -0.0667. The van der Waals surface area contributed by atoms with Gasteiger partial charge in [0, 0.05) is 44.4 Å². The smallest absolute Gasteiger partial charge is 0.251 e. The third kappa shape index (κ3) is 9.17. The average molecular weight is 549 g/mol. The molecule has 1 N–H and O–H groups in total. The van der Waals surface area contributed by atoms with Crippen molar-refractivity contribution in [2.45, 2.75) is 86.2 Å². The molecule has 1 heterocycles. The van der Waals surface area contributed by atoms with Gasteiger partial charge in [-0.2, -0.15) is 0 Å². The third-order valence-corrected chi connectivity index (χ3v) is 8.06. The number of carbonyl (C=O) groups is 2. The monoisotopic (exact) mass is 548 g/mol. The molecule has 6 heteroatoms. The molecule has 220 valence electrons. The van der Waals surface area contributed by atoms with E-state index in [4.69, 9.17) is 0 Å². The molecule has 2 aromatic carbocycles. The second-order valence-corrected chi connectivity index (χ2v) is 11.8. The molecule has 0 saturated heterocycles. The number of nitrogens with zero attached hydrogens (tertiary/aromatic N) is 3. The van der Waals surface area contributed by atoms with Gasteiger partial charge in [0.25, 0.3) is 5.91 Å². The molecule has 1 unspecified atom stereocenters. The maximum atomic E-state index is 13.5. The Morgan fingerprint density at radius 3 is 2.20 bits per heavy atom. The van der Waals surface area contributed by atoms with Crippen molar-refractivity contribution >= 4 is 17.5 Å². The van der Waals surface area contributed by atoms with Crippen molar-refractivity contribution in [3.05, 3.63) is 64.7 Å². The first-order chi connectivity index (χ1) is 19.2. The summed E-state index contributed by atoms with van der Waals surface area (Å²) in [6.45, 7) is 18.5. The maximum absolute atomic E-state index is 13.5. The molecule has 0 aromatic heterocycles. The van der Waals surface area contributed by atoms with Gasteiger partial charge in [-0.05, 0) is 74.6 Å². The molecule has 1 atom stereocenters. The van der Waals surface area contributed by atoms with Crippen LogP contribution in [0.3, 0.4) is 0 Å². The van der Waals surface area contributed by atoms with Crippen LogP contribution < -0.4 is 10.2 Å². The van der Waals surface area contributed by atoms with Crippen LogP contribution in [0, 0.1) is 12.8 Å². The zero-order valence-corrected chi connectivity index (χ0v) is 25.8. The van der Waals surface area contributed by atoms with Crippen LogP contribution in [0.2, 0.25) is 0 Å². The van der Waals surface area contributed by atoms with Crippen LogP contribution in [-0.2, 0) is 11.3 Å². The molecule has 1 aliphatic rings. The van der Waals surface area contributed by atoms with E-state index in [0.29, 0.717) is 18.0 Å². The molecular weight excluding hydrogens is 496 g/mol. The molecule has 2 aromatic rings. The van der Waals surface area contributed by atoms with Crippen LogP contribution in [0.1, 0.15) is 99.8 Å². The Bertz CT molecular complexity index is 1080. The van der Waals surface area contributed by atoms with E-state index in [2.05, 4.69) is 74.0 Å². The number of benzene rings is 2. The summed E-state index contributed by atoms with van der Waals surface area (Å²) in [5.41, 5.74) is 5.10. The molecule has 0 spiro atoms. The Hall–Kier alpha value is -2.70. The molecule has 0 fully saturated rings. The van der Waals surface area contributed by atoms with Gasteiger partial charge in [0.1, 0.15) is 0 Å². The van der Waals surface area contributed by atoms with Crippen molar-refractivity contribution in [1.29, 1.82) is 0 Å². The second kappa shape index (κ2) is 15.9. The van der Waals surface area contributed by atoms with Gasteiger partial charge in [-0.15, -0.1) is 0 Å². The number of fused-ring (bicyclic) bond motifs is 1. The Morgan fingerprint density at radius 1 is 0.925 bits per heavy atom. The predicted octanol–water partition coefficient (Wildman–Crippen LogP) is 6.58. The van der Waals surface area contributed by atoms with Crippen LogP contribution in [0.15, 0.2) is 42.5 Å². The first-order valence-electron chi connectivity index (χ1n) is 15.5. The van der Waals surface area contributed by atoms with E-state index in [-0.39, 0.29) is 17.9 Å². The van der Waals surface area contributed by atoms with E-state index in [1.54, 1.807) is 6.92 Å². The molecule has 3 rings (SSSR count). The van der Waals surface area contributed by atoms with E-state index in [1.165, 1.54) is 30.4 Å². The number of hydrogen-bond acceptors (Lipinski definition) is 4. The van der Waals surface area contributed by atoms with Gasteiger partial charge in [0.05, 0.1) is 6.04 Å². The van der Waals surface area contributed by atoms with E-state index in [0.717, 1.165) is 63.4 Å². The quantitative estimate of drug-likeness (QED) is 0.384. The Morgan fingerprint density at radius 2 is 1.57 bits per heavy atom. The predicted molar refractivity (Wildman–Crippen MR) is 167 cm³/mol. The van der Waals surface area contributed by atoms with Gasteiger partial charge in [-0.25, -0.2) is 0 Å². The van der Waals surface area contributed by atoms with Gasteiger partial charge in [0.15, 0.2) is 0 Å². The summed E-state index contributed by atoms with van der Waals surface area (Å²) in [6.07, 6.45) is 5.76. The highest BCUT2D eigenvalue weighted by molar-refractivity contribution is 5.97. The van der Waals surface area contributed by atoms with Crippen molar-refractivity contribution in [3.8, 4) is 0 Å². The van der Waals surface area contributed by atoms with Crippen LogP contribution >= 0.6 is 0 Å². The summed E-state index contributed by atoms with van der Waals surface area (Å²) >= 11 is 0. The van der Waals surface area contributed by atoms with Gasteiger partial charge < -0.3 is 10.2 Å². The lowest BCUT2D eigenvalue weighted by molar-refractivity contribution is -0.116. The Labute approximate surface area is 243 Å². The summed E-state index contributed by atoms with van der Waals surface area (Å²) in [6, 6.07) is 14.6. The van der Waals surface area contributed by atoms with Gasteiger partial charge in [-0.1, -0.05) is 76.8 Å². The summed E-state index contributed by atoms with van der Waals surface area (Å²) in [7, 11) is 0. The molecule has 40 heavy (non-hydrogen) atoms. The topological polar surface area (TPSA) is 55.9 Å². The summed E-state index contributed by atoms with van der Waals surface area (Å²) in [4.78, 5) is 33.1. The Kier molecular flexibility index (Phi) is 12.7. The summed E-state index contributed by atoms with van der Waals surface area (Å²) in [5.74, 6) is 0.541. The highest BCUT2D eigenvalue weighted by atomic mass is 16.2. The first kappa shape index (κ1) is 31.8. The number of carbonyl (C=O) groups excluding carboxylic acids is 2. The van der Waals surface area contributed by atoms with Crippen molar-refractivity contribution in [3.63, 3.8) is 0 Å². The van der Waals surface area contributed by atoms with Crippen molar-refractivity contribution in [2.75, 3.05) is 44.2 Å². The number of rotatable bonds is 9. The number of amides is 2. The van der Waals surface area contributed by atoms with E-state index in [9.17, 15) is 9.59 Å². The number of likely N-dealkylation sites (N-methyl/N-ethyl adjacent to an activating group) is 1. The fraction of sp³-hybridized carbons (Fsp3) is 0.588. The highest BCUT2D eigenvalue weighted by Gasteiger charge is 2.22. The number of nitrogens with one attached hydrogen (secondary N) is 1. The largest absolute Gasteiger partial charge is 0.350 e. The van der Waals surface area contributed by atoms with Gasteiger partial charge >= 0.3 is 0 Å². The van der Waals surface area contributed by atoms with Gasteiger partial charge in [-0.3, -0.25) is 19.4 Å². The third-order valence-electron chi connectivity index (χ3n) is 8.06. The lowest BCUT2D eigenvalue weighted by Crippen LogP contribution is -2.38. The molecular formula is C34H52N4O2. The standard InChI is InChI=1S/C34H52N4O2/c1-7-37(8-2)33(29-16-14-27(5)15-17-29)23-35-34(40)30-18-19-32-31(22-30)25-36(24-26(3)4)20-12-10-9-11-13-21-38(32)28(6)39/h14-19,22,26,33H,7-13,20-21,23-25H2,1-6H3,(H,35,40). The molecule has 1 aliphatic heterocycles. The number of aryl methyl sites for hydroxylation is 1. The zero-order chi connectivity index (χ0) is 29.1. The van der Waals surface area contributed by atoms with E-state index in [1.807, 2.05) is 23.1 Å². The van der Waals surface area contributed by atoms with Gasteiger partial charge in [0.2, 0.25) is 5.91 Å². The minimum absolute atomic E-state index is 0.0612. The molecule has 0 bridgehead atoms. The van der Waals surface area contributed by atoms with Crippen molar-refractivity contribution in [2.24, 2.45) is 5.92 Å². The van der Waals surface area contributed by atoms with Crippen LogP contribution in [0.5, 0.6) is 0 Å². The average Bonchev–Trinajstić information content (AvgIpc) is 2.92. The maximum Gasteiger partial charge on any atom is 0.251 e. The minimum Gasteiger partial charge on any atom is -0.350 e.